The first-order valence-corrected chi connectivity index (χ1v) is 7.01. The summed E-state index contributed by atoms with van der Waals surface area (Å²) in [5.41, 5.74) is 1.36. The molecule has 0 spiro atoms. The van der Waals surface area contributed by atoms with E-state index in [1.807, 2.05) is 13.8 Å². The lowest BCUT2D eigenvalue weighted by atomic mass is 10.2. The Bertz CT molecular complexity index is 468. The Labute approximate surface area is 119 Å². The Morgan fingerprint density at radius 1 is 1.35 bits per heavy atom. The number of hydrogen-bond acceptors (Lipinski definition) is 4. The van der Waals surface area contributed by atoms with Crippen LogP contribution in [-0.2, 0) is 23.0 Å². The highest BCUT2D eigenvalue weighted by atomic mass is 16.5. The summed E-state index contributed by atoms with van der Waals surface area (Å²) >= 11 is 0. The minimum Gasteiger partial charge on any atom is -0.465 e. The molecule has 112 valence electrons. The Morgan fingerprint density at radius 2 is 2.05 bits per heavy atom. The average molecular weight is 281 g/mol. The van der Waals surface area contributed by atoms with E-state index in [2.05, 4.69) is 5.10 Å². The number of nitrogens with zero attached hydrogens (tertiary/aromatic N) is 3. The predicted octanol–water partition coefficient (Wildman–Crippen LogP) is 1.40. The Morgan fingerprint density at radius 3 is 2.55 bits per heavy atom. The number of carbonyl (C=O) groups is 2. The second-order valence-corrected chi connectivity index (χ2v) is 4.53. The van der Waals surface area contributed by atoms with Crippen LogP contribution < -0.4 is 0 Å². The van der Waals surface area contributed by atoms with Gasteiger partial charge in [-0.05, 0) is 25.8 Å². The van der Waals surface area contributed by atoms with E-state index in [4.69, 9.17) is 4.74 Å². The number of carbonyl (C=O) groups excluding carboxylic acids is 2. The van der Waals surface area contributed by atoms with Crippen LogP contribution in [0, 0.1) is 0 Å². The molecule has 20 heavy (non-hydrogen) atoms. The third-order valence-electron chi connectivity index (χ3n) is 2.92. The van der Waals surface area contributed by atoms with Gasteiger partial charge in [-0.15, -0.1) is 0 Å². The number of ether oxygens (including phenoxy) is 1. The smallest absolute Gasteiger partial charge is 0.325 e. The van der Waals surface area contributed by atoms with Gasteiger partial charge >= 0.3 is 5.97 Å². The van der Waals surface area contributed by atoms with Crippen molar-refractivity contribution in [2.45, 2.75) is 33.6 Å². The van der Waals surface area contributed by atoms with E-state index in [0.29, 0.717) is 18.8 Å². The quantitative estimate of drug-likeness (QED) is 0.709. The molecular formula is C14H23N3O3. The summed E-state index contributed by atoms with van der Waals surface area (Å²) in [6, 6.07) is 1.77. The zero-order chi connectivity index (χ0) is 15.1. The van der Waals surface area contributed by atoms with Gasteiger partial charge in [0.25, 0.3) is 5.91 Å². The van der Waals surface area contributed by atoms with Crippen molar-refractivity contribution < 1.29 is 14.3 Å². The van der Waals surface area contributed by atoms with Crippen molar-refractivity contribution in [1.82, 2.24) is 14.7 Å². The molecule has 0 aromatic carbocycles. The molecule has 0 bridgehead atoms. The summed E-state index contributed by atoms with van der Waals surface area (Å²) in [6.45, 7) is 6.51. The molecule has 6 heteroatoms. The highest BCUT2D eigenvalue weighted by Crippen LogP contribution is 2.08. The van der Waals surface area contributed by atoms with Crippen molar-refractivity contribution in [1.29, 1.82) is 0 Å². The molecule has 0 saturated carbocycles. The van der Waals surface area contributed by atoms with Gasteiger partial charge in [0.05, 0.1) is 12.3 Å². The molecule has 1 aromatic rings. The molecule has 0 unspecified atom stereocenters. The lowest BCUT2D eigenvalue weighted by Crippen LogP contribution is -2.38. The van der Waals surface area contributed by atoms with Crippen LogP contribution >= 0.6 is 0 Å². The topological polar surface area (TPSA) is 64.4 Å². The van der Waals surface area contributed by atoms with E-state index in [0.717, 1.165) is 18.5 Å². The van der Waals surface area contributed by atoms with Gasteiger partial charge in [-0.25, -0.2) is 0 Å². The molecule has 0 saturated heterocycles. The van der Waals surface area contributed by atoms with Crippen LogP contribution in [0.3, 0.4) is 0 Å². The van der Waals surface area contributed by atoms with Gasteiger partial charge in [-0.3, -0.25) is 14.3 Å². The van der Waals surface area contributed by atoms with Gasteiger partial charge in [0.1, 0.15) is 12.2 Å². The molecule has 0 aliphatic rings. The molecule has 1 rings (SSSR count). The van der Waals surface area contributed by atoms with E-state index in [1.54, 1.807) is 24.7 Å². The van der Waals surface area contributed by atoms with Crippen molar-refractivity contribution in [3.63, 3.8) is 0 Å². The van der Waals surface area contributed by atoms with Crippen molar-refractivity contribution in [3.05, 3.63) is 17.5 Å². The predicted molar refractivity (Wildman–Crippen MR) is 75.4 cm³/mol. The number of esters is 1. The van der Waals surface area contributed by atoms with Crippen LogP contribution in [0.5, 0.6) is 0 Å². The average Bonchev–Trinajstić information content (AvgIpc) is 2.79. The van der Waals surface area contributed by atoms with Gasteiger partial charge in [-0.1, -0.05) is 13.8 Å². The first kappa shape index (κ1) is 16.2. The number of aromatic nitrogens is 2. The molecule has 0 atom stereocenters. The summed E-state index contributed by atoms with van der Waals surface area (Å²) in [5, 5.41) is 4.26. The first-order chi connectivity index (χ1) is 9.53. The number of rotatable bonds is 7. The van der Waals surface area contributed by atoms with E-state index in [-0.39, 0.29) is 18.4 Å². The van der Waals surface area contributed by atoms with Crippen molar-refractivity contribution in [2.24, 2.45) is 7.05 Å². The monoisotopic (exact) mass is 281 g/mol. The molecule has 6 nitrogen and oxygen atoms in total. The van der Waals surface area contributed by atoms with Crippen LogP contribution in [0.4, 0.5) is 0 Å². The fourth-order valence-electron chi connectivity index (χ4n) is 1.95. The van der Waals surface area contributed by atoms with Gasteiger partial charge in [-0.2, -0.15) is 5.10 Å². The molecule has 1 aromatic heterocycles. The first-order valence-electron chi connectivity index (χ1n) is 7.01. The van der Waals surface area contributed by atoms with Crippen LogP contribution in [0.2, 0.25) is 0 Å². The highest BCUT2D eigenvalue weighted by molar-refractivity contribution is 5.94. The third-order valence-corrected chi connectivity index (χ3v) is 2.92. The maximum atomic E-state index is 12.5. The minimum absolute atomic E-state index is 0.0207. The Hall–Kier alpha value is -1.85. The normalized spacial score (nSPS) is 10.4. The Balaban J connectivity index is 2.87. The van der Waals surface area contributed by atoms with Gasteiger partial charge in [0.15, 0.2) is 0 Å². The number of aryl methyl sites for hydroxylation is 2. The fraction of sp³-hybridized carbons (Fsp3) is 0.643. The molecule has 0 fully saturated rings. The summed E-state index contributed by atoms with van der Waals surface area (Å²) in [5.74, 6) is -0.568. The summed E-state index contributed by atoms with van der Waals surface area (Å²) in [4.78, 5) is 25.6. The largest absolute Gasteiger partial charge is 0.465 e. The number of hydrogen-bond donors (Lipinski definition) is 0. The molecule has 0 aliphatic heterocycles. The third kappa shape index (κ3) is 4.08. The molecular weight excluding hydrogens is 258 g/mol. The second-order valence-electron chi connectivity index (χ2n) is 4.53. The van der Waals surface area contributed by atoms with E-state index < -0.39 is 0 Å². The van der Waals surface area contributed by atoms with Crippen molar-refractivity contribution in [2.75, 3.05) is 19.7 Å². The van der Waals surface area contributed by atoms with Crippen molar-refractivity contribution >= 4 is 11.9 Å². The van der Waals surface area contributed by atoms with Crippen LogP contribution in [0.25, 0.3) is 0 Å². The zero-order valence-corrected chi connectivity index (χ0v) is 12.7. The highest BCUT2D eigenvalue weighted by Gasteiger charge is 2.22. The van der Waals surface area contributed by atoms with Crippen LogP contribution in [-0.4, -0.2) is 46.3 Å². The van der Waals surface area contributed by atoms with E-state index >= 15 is 0 Å². The molecule has 0 radical (unpaired) electrons. The number of amides is 1. The van der Waals surface area contributed by atoms with E-state index in [1.165, 1.54) is 4.90 Å². The Kier molecular flexibility index (Phi) is 6.21. The lowest BCUT2D eigenvalue weighted by molar-refractivity contribution is -0.143. The summed E-state index contributed by atoms with van der Waals surface area (Å²) in [7, 11) is 1.74. The lowest BCUT2D eigenvalue weighted by Gasteiger charge is -2.20. The SMILES string of the molecule is CCCN(CC(=O)OCC)C(=O)c1cc(CC)nn1C. The molecule has 1 amide bonds. The maximum absolute atomic E-state index is 12.5. The zero-order valence-electron chi connectivity index (χ0n) is 12.7. The molecule has 0 aliphatic carbocycles. The van der Waals surface area contributed by atoms with Crippen molar-refractivity contribution in [3.8, 4) is 0 Å². The standard InChI is InChI=1S/C14H23N3O3/c1-5-8-17(10-13(18)20-7-3)14(19)12-9-11(6-2)15-16(12)4/h9H,5-8,10H2,1-4H3. The maximum Gasteiger partial charge on any atom is 0.325 e. The molecule has 0 N–H and O–H groups in total. The van der Waals surface area contributed by atoms with Gasteiger partial charge in [0.2, 0.25) is 0 Å². The van der Waals surface area contributed by atoms with Crippen LogP contribution in [0.15, 0.2) is 6.07 Å². The minimum atomic E-state index is -0.382. The van der Waals surface area contributed by atoms with Gasteiger partial charge < -0.3 is 9.64 Å². The van der Waals surface area contributed by atoms with Crippen LogP contribution in [0.1, 0.15) is 43.4 Å². The summed E-state index contributed by atoms with van der Waals surface area (Å²) < 4.78 is 6.47. The second kappa shape index (κ2) is 7.67. The van der Waals surface area contributed by atoms with E-state index in [9.17, 15) is 9.59 Å². The van der Waals surface area contributed by atoms with Gasteiger partial charge in [0, 0.05) is 13.6 Å². The molecule has 1 heterocycles. The summed E-state index contributed by atoms with van der Waals surface area (Å²) in [6.07, 6.45) is 1.55. The fourth-order valence-corrected chi connectivity index (χ4v) is 1.95.